The molecule has 0 bridgehead atoms. The van der Waals surface area contributed by atoms with Gasteiger partial charge in [-0.05, 0) is 28.4 Å². The smallest absolute Gasteiger partial charge is 0.294 e. The number of rotatable bonds is 3. The fourth-order valence-electron chi connectivity index (χ4n) is 1.25. The average molecular weight is 295 g/mol. The van der Waals surface area contributed by atoms with Crippen LogP contribution < -0.4 is 0 Å². The van der Waals surface area contributed by atoms with Crippen LogP contribution in [-0.2, 0) is 0 Å². The highest BCUT2D eigenvalue weighted by molar-refractivity contribution is 9.10. The Hall–Kier alpha value is -0.840. The van der Waals surface area contributed by atoms with Crippen LogP contribution in [0.4, 0.5) is 13.2 Å². The molecular formula is C11H10BrF3O. The Bertz CT molecular complexity index is 399. The first kappa shape index (κ1) is 13.2. The van der Waals surface area contributed by atoms with Crippen molar-refractivity contribution in [3.8, 4) is 0 Å². The molecule has 0 heterocycles. The summed E-state index contributed by atoms with van der Waals surface area (Å²) in [4.78, 5) is 11.5. The van der Waals surface area contributed by atoms with E-state index in [4.69, 9.17) is 0 Å². The van der Waals surface area contributed by atoms with Crippen molar-refractivity contribution in [2.24, 2.45) is 0 Å². The summed E-state index contributed by atoms with van der Waals surface area (Å²) < 4.78 is 36.4. The van der Waals surface area contributed by atoms with Crippen LogP contribution in [0, 0.1) is 6.92 Å². The van der Waals surface area contributed by atoms with Gasteiger partial charge in [-0.3, -0.25) is 4.79 Å². The molecule has 0 amide bonds. The Kier molecular flexibility index (Phi) is 4.13. The molecule has 0 saturated carbocycles. The van der Waals surface area contributed by atoms with Gasteiger partial charge in [0.05, 0.1) is 6.42 Å². The van der Waals surface area contributed by atoms with Crippen molar-refractivity contribution in [1.29, 1.82) is 0 Å². The second kappa shape index (κ2) is 4.99. The van der Waals surface area contributed by atoms with Crippen LogP contribution in [-0.4, -0.2) is 12.0 Å². The summed E-state index contributed by atoms with van der Waals surface area (Å²) in [6.45, 7) is 1.78. The normalized spacial score (nSPS) is 11.6. The molecular weight excluding hydrogens is 285 g/mol. The Morgan fingerprint density at radius 3 is 2.56 bits per heavy atom. The summed E-state index contributed by atoms with van der Waals surface area (Å²) in [7, 11) is 0. The van der Waals surface area contributed by atoms with Crippen LogP contribution in [0.15, 0.2) is 22.7 Å². The van der Waals surface area contributed by atoms with Crippen LogP contribution in [0.3, 0.4) is 0 Å². The Balaban J connectivity index is 2.78. The quantitative estimate of drug-likeness (QED) is 0.761. The van der Waals surface area contributed by atoms with Crippen LogP contribution in [0.5, 0.6) is 0 Å². The standard InChI is InChI=1S/C11H10BrF3O/c1-7-3-2-4-8(10(7)12)9(16)5-6-11(13,14)15/h2-4H,5-6H2,1H3. The van der Waals surface area contributed by atoms with Gasteiger partial charge in [-0.25, -0.2) is 0 Å². The van der Waals surface area contributed by atoms with Gasteiger partial charge < -0.3 is 0 Å². The highest BCUT2D eigenvalue weighted by Gasteiger charge is 2.28. The monoisotopic (exact) mass is 294 g/mol. The van der Waals surface area contributed by atoms with E-state index in [-0.39, 0.29) is 0 Å². The van der Waals surface area contributed by atoms with E-state index in [9.17, 15) is 18.0 Å². The van der Waals surface area contributed by atoms with Crippen molar-refractivity contribution in [1.82, 2.24) is 0 Å². The molecule has 0 aliphatic carbocycles. The Morgan fingerprint density at radius 2 is 2.00 bits per heavy atom. The summed E-state index contributed by atoms with van der Waals surface area (Å²) in [5.74, 6) is -0.493. The molecule has 1 rings (SSSR count). The lowest BCUT2D eigenvalue weighted by Gasteiger charge is -2.08. The molecule has 88 valence electrons. The van der Waals surface area contributed by atoms with Crippen LogP contribution in [0.2, 0.25) is 0 Å². The SMILES string of the molecule is Cc1cccc(C(=O)CCC(F)(F)F)c1Br. The highest BCUT2D eigenvalue weighted by atomic mass is 79.9. The lowest BCUT2D eigenvalue weighted by atomic mass is 10.0. The number of hydrogen-bond donors (Lipinski definition) is 0. The third kappa shape index (κ3) is 3.63. The van der Waals surface area contributed by atoms with Gasteiger partial charge in [0, 0.05) is 16.5 Å². The number of carbonyl (C=O) groups excluding carboxylic acids is 1. The van der Waals surface area contributed by atoms with E-state index in [0.717, 1.165) is 5.56 Å². The maximum atomic E-state index is 11.9. The molecule has 0 spiro atoms. The molecule has 0 fully saturated rings. The fourth-order valence-corrected chi connectivity index (χ4v) is 1.74. The number of Topliss-reactive ketones (excluding diaryl/α,β-unsaturated/α-hetero) is 1. The minimum absolute atomic E-state index is 0.309. The van der Waals surface area contributed by atoms with Gasteiger partial charge in [-0.15, -0.1) is 0 Å². The third-order valence-corrected chi connectivity index (χ3v) is 3.18. The predicted molar refractivity (Wildman–Crippen MR) is 58.5 cm³/mol. The molecule has 0 saturated heterocycles. The molecule has 0 unspecified atom stereocenters. The molecule has 1 nitrogen and oxygen atoms in total. The lowest BCUT2D eigenvalue weighted by Crippen LogP contribution is -2.11. The van der Waals surface area contributed by atoms with E-state index in [1.807, 2.05) is 0 Å². The zero-order valence-electron chi connectivity index (χ0n) is 8.57. The molecule has 16 heavy (non-hydrogen) atoms. The summed E-state index contributed by atoms with van der Waals surface area (Å²) in [6.07, 6.45) is -5.87. The molecule has 1 aromatic carbocycles. The predicted octanol–water partition coefficient (Wildman–Crippen LogP) is 4.28. The minimum Gasteiger partial charge on any atom is -0.294 e. The van der Waals surface area contributed by atoms with Crippen molar-refractivity contribution in [2.45, 2.75) is 25.9 Å². The minimum atomic E-state index is -4.29. The number of alkyl halides is 3. The number of carbonyl (C=O) groups is 1. The number of halogens is 4. The van der Waals surface area contributed by atoms with E-state index >= 15 is 0 Å². The first-order valence-electron chi connectivity index (χ1n) is 4.66. The van der Waals surface area contributed by atoms with Gasteiger partial charge in [0.2, 0.25) is 0 Å². The largest absolute Gasteiger partial charge is 0.389 e. The van der Waals surface area contributed by atoms with E-state index < -0.39 is 24.8 Å². The van der Waals surface area contributed by atoms with Crippen molar-refractivity contribution in [3.63, 3.8) is 0 Å². The lowest BCUT2D eigenvalue weighted by molar-refractivity contribution is -0.133. The van der Waals surface area contributed by atoms with Gasteiger partial charge in [-0.2, -0.15) is 13.2 Å². The van der Waals surface area contributed by atoms with Crippen molar-refractivity contribution >= 4 is 21.7 Å². The van der Waals surface area contributed by atoms with Crippen LogP contribution in [0.1, 0.15) is 28.8 Å². The first-order valence-corrected chi connectivity index (χ1v) is 5.45. The van der Waals surface area contributed by atoms with Gasteiger partial charge in [-0.1, -0.05) is 18.2 Å². The number of ketones is 1. The van der Waals surface area contributed by atoms with Crippen molar-refractivity contribution in [2.75, 3.05) is 0 Å². The van der Waals surface area contributed by atoms with Gasteiger partial charge in [0.25, 0.3) is 0 Å². The molecule has 0 N–H and O–H groups in total. The van der Waals surface area contributed by atoms with Gasteiger partial charge >= 0.3 is 6.18 Å². The van der Waals surface area contributed by atoms with Gasteiger partial charge in [0.1, 0.15) is 0 Å². The summed E-state index contributed by atoms with van der Waals surface area (Å²) >= 11 is 3.20. The molecule has 1 aromatic rings. The fraction of sp³-hybridized carbons (Fsp3) is 0.364. The topological polar surface area (TPSA) is 17.1 Å². The average Bonchev–Trinajstić information content (AvgIpc) is 2.17. The molecule has 5 heteroatoms. The Morgan fingerprint density at radius 1 is 1.38 bits per heavy atom. The first-order chi connectivity index (χ1) is 7.31. The maximum Gasteiger partial charge on any atom is 0.389 e. The molecule has 0 aliphatic heterocycles. The molecule has 0 aromatic heterocycles. The molecule has 0 atom stereocenters. The summed E-state index contributed by atoms with van der Waals surface area (Å²) in [5, 5.41) is 0. The van der Waals surface area contributed by atoms with E-state index in [1.54, 1.807) is 19.1 Å². The summed E-state index contributed by atoms with van der Waals surface area (Å²) in [6, 6.07) is 4.96. The summed E-state index contributed by atoms with van der Waals surface area (Å²) in [5.41, 5.74) is 1.14. The second-order valence-corrected chi connectivity index (χ2v) is 4.27. The second-order valence-electron chi connectivity index (χ2n) is 3.47. The zero-order chi connectivity index (χ0) is 12.3. The van der Waals surface area contributed by atoms with Crippen LogP contribution in [0.25, 0.3) is 0 Å². The Labute approximate surface area is 99.8 Å². The number of aryl methyl sites for hydroxylation is 1. The molecule has 0 radical (unpaired) electrons. The van der Waals surface area contributed by atoms with Crippen molar-refractivity contribution < 1.29 is 18.0 Å². The van der Waals surface area contributed by atoms with Crippen LogP contribution >= 0.6 is 15.9 Å². The van der Waals surface area contributed by atoms with E-state index in [2.05, 4.69) is 15.9 Å². The van der Waals surface area contributed by atoms with E-state index in [0.29, 0.717) is 10.0 Å². The van der Waals surface area contributed by atoms with E-state index in [1.165, 1.54) is 6.07 Å². The number of hydrogen-bond acceptors (Lipinski definition) is 1. The third-order valence-electron chi connectivity index (χ3n) is 2.13. The molecule has 0 aliphatic rings. The zero-order valence-corrected chi connectivity index (χ0v) is 10.2. The van der Waals surface area contributed by atoms with Gasteiger partial charge in [0.15, 0.2) is 5.78 Å². The number of benzene rings is 1. The van der Waals surface area contributed by atoms with Crippen molar-refractivity contribution in [3.05, 3.63) is 33.8 Å². The maximum absolute atomic E-state index is 11.9. The highest BCUT2D eigenvalue weighted by Crippen LogP contribution is 2.26.